The maximum atomic E-state index is 12.1. The molecule has 3 rings (SSSR count). The van der Waals surface area contributed by atoms with Crippen LogP contribution in [0.15, 0.2) is 53.7 Å². The Labute approximate surface area is 176 Å². The van der Waals surface area contributed by atoms with Gasteiger partial charge in [-0.25, -0.2) is 4.79 Å². The van der Waals surface area contributed by atoms with Gasteiger partial charge in [-0.15, -0.1) is 10.2 Å². The van der Waals surface area contributed by atoms with E-state index in [-0.39, 0.29) is 12.1 Å². The van der Waals surface area contributed by atoms with E-state index in [4.69, 9.17) is 0 Å². The van der Waals surface area contributed by atoms with Crippen LogP contribution in [0, 0.1) is 13.8 Å². The predicted octanol–water partition coefficient (Wildman–Crippen LogP) is 4.51. The smallest absolute Gasteiger partial charge is 0.317 e. The third-order valence-electron chi connectivity index (χ3n) is 4.53. The molecule has 0 saturated carbocycles. The van der Waals surface area contributed by atoms with E-state index in [9.17, 15) is 4.79 Å². The lowest BCUT2D eigenvalue weighted by molar-refractivity contribution is 0.213. The number of thioether (sulfide) groups is 1. The van der Waals surface area contributed by atoms with E-state index in [1.165, 1.54) is 21.6 Å². The molecule has 1 atom stereocenters. The number of aromatic nitrogens is 3. The average Bonchev–Trinajstić information content (AvgIpc) is 3.11. The lowest BCUT2D eigenvalue weighted by Crippen LogP contribution is -2.37. The van der Waals surface area contributed by atoms with Gasteiger partial charge in [-0.3, -0.25) is 4.57 Å². The molecule has 0 spiro atoms. The van der Waals surface area contributed by atoms with E-state index in [1.54, 1.807) is 25.9 Å². The Bertz CT molecular complexity index is 981. The van der Waals surface area contributed by atoms with Crippen molar-refractivity contribution in [2.75, 3.05) is 14.1 Å². The topological polar surface area (TPSA) is 63.1 Å². The molecule has 0 fully saturated rings. The van der Waals surface area contributed by atoms with Crippen LogP contribution in [0.3, 0.4) is 0 Å². The lowest BCUT2D eigenvalue weighted by atomic mass is 10.2. The molecule has 2 amide bonds. The van der Waals surface area contributed by atoms with Crippen LogP contribution in [-0.2, 0) is 5.75 Å². The van der Waals surface area contributed by atoms with Gasteiger partial charge >= 0.3 is 6.03 Å². The average molecular weight is 410 g/mol. The van der Waals surface area contributed by atoms with Crippen molar-refractivity contribution in [3.8, 4) is 5.69 Å². The zero-order valence-electron chi connectivity index (χ0n) is 17.5. The Kier molecular flexibility index (Phi) is 6.59. The largest absolute Gasteiger partial charge is 0.331 e. The lowest BCUT2D eigenvalue weighted by Gasteiger charge is -2.19. The van der Waals surface area contributed by atoms with E-state index in [2.05, 4.69) is 77.9 Å². The predicted molar refractivity (Wildman–Crippen MR) is 117 cm³/mol. The quantitative estimate of drug-likeness (QED) is 0.609. The molecule has 0 aliphatic heterocycles. The second-order valence-electron chi connectivity index (χ2n) is 7.36. The number of hydrogen-bond donors (Lipinski definition) is 1. The van der Waals surface area contributed by atoms with Crippen molar-refractivity contribution in [2.45, 2.75) is 37.7 Å². The molecule has 7 heteroatoms. The zero-order valence-corrected chi connectivity index (χ0v) is 18.3. The molecule has 0 bridgehead atoms. The number of nitrogens with zero attached hydrogens (tertiary/aromatic N) is 4. The summed E-state index contributed by atoms with van der Waals surface area (Å²) in [4.78, 5) is 13.6. The van der Waals surface area contributed by atoms with Crippen LogP contribution in [0.25, 0.3) is 5.69 Å². The fraction of sp³-hybridized carbons (Fsp3) is 0.318. The van der Waals surface area contributed by atoms with Gasteiger partial charge < -0.3 is 10.2 Å². The highest BCUT2D eigenvalue weighted by Crippen LogP contribution is 2.28. The highest BCUT2D eigenvalue weighted by atomic mass is 32.2. The van der Waals surface area contributed by atoms with E-state index < -0.39 is 0 Å². The molecule has 0 aliphatic rings. The van der Waals surface area contributed by atoms with Gasteiger partial charge in [0.25, 0.3) is 0 Å². The molecule has 29 heavy (non-hydrogen) atoms. The first-order chi connectivity index (χ1) is 13.8. The minimum Gasteiger partial charge on any atom is -0.331 e. The highest BCUT2D eigenvalue weighted by molar-refractivity contribution is 7.98. The molecule has 0 radical (unpaired) electrons. The molecule has 3 aromatic rings. The van der Waals surface area contributed by atoms with Crippen LogP contribution in [0.1, 0.15) is 35.5 Å². The molecule has 0 saturated heterocycles. The van der Waals surface area contributed by atoms with Crippen LogP contribution in [0.5, 0.6) is 0 Å². The molecule has 1 heterocycles. The highest BCUT2D eigenvalue weighted by Gasteiger charge is 2.21. The number of aryl methyl sites for hydroxylation is 2. The number of amides is 2. The summed E-state index contributed by atoms with van der Waals surface area (Å²) >= 11 is 1.64. The van der Waals surface area contributed by atoms with Crippen LogP contribution < -0.4 is 5.32 Å². The molecule has 2 aromatic carbocycles. The van der Waals surface area contributed by atoms with Gasteiger partial charge in [-0.2, -0.15) is 0 Å². The Morgan fingerprint density at radius 2 is 1.83 bits per heavy atom. The first-order valence-electron chi connectivity index (χ1n) is 9.53. The van der Waals surface area contributed by atoms with Crippen LogP contribution in [0.2, 0.25) is 0 Å². The number of nitrogens with one attached hydrogen (secondary N) is 1. The molecular weight excluding hydrogens is 382 g/mol. The Morgan fingerprint density at radius 1 is 1.10 bits per heavy atom. The van der Waals surface area contributed by atoms with Crippen LogP contribution in [0.4, 0.5) is 4.79 Å². The third kappa shape index (κ3) is 5.17. The fourth-order valence-electron chi connectivity index (χ4n) is 2.92. The van der Waals surface area contributed by atoms with Crippen molar-refractivity contribution in [2.24, 2.45) is 0 Å². The molecule has 0 aliphatic carbocycles. The number of carbonyl (C=O) groups excluding carboxylic acids is 1. The molecule has 1 N–H and O–H groups in total. The minimum atomic E-state index is -0.285. The van der Waals surface area contributed by atoms with E-state index >= 15 is 0 Å². The van der Waals surface area contributed by atoms with Gasteiger partial charge in [0.2, 0.25) is 0 Å². The van der Waals surface area contributed by atoms with Crippen molar-refractivity contribution < 1.29 is 4.79 Å². The molecule has 1 unspecified atom stereocenters. The Hall–Kier alpha value is -2.80. The van der Waals surface area contributed by atoms with Gasteiger partial charge in [0.15, 0.2) is 11.0 Å². The maximum Gasteiger partial charge on any atom is 0.317 e. The minimum absolute atomic E-state index is 0.162. The summed E-state index contributed by atoms with van der Waals surface area (Å²) in [5.41, 5.74) is 4.65. The Morgan fingerprint density at radius 3 is 2.48 bits per heavy atom. The third-order valence-corrected chi connectivity index (χ3v) is 5.53. The van der Waals surface area contributed by atoms with Gasteiger partial charge in [-0.1, -0.05) is 59.3 Å². The van der Waals surface area contributed by atoms with E-state index in [1.807, 2.05) is 11.5 Å². The molecular formula is C22H27N5OS. The van der Waals surface area contributed by atoms with Gasteiger partial charge in [-0.05, 0) is 38.5 Å². The summed E-state index contributed by atoms with van der Waals surface area (Å²) in [7, 11) is 3.44. The fourth-order valence-corrected chi connectivity index (χ4v) is 3.82. The second kappa shape index (κ2) is 9.13. The van der Waals surface area contributed by atoms with Gasteiger partial charge in [0.05, 0.1) is 6.04 Å². The van der Waals surface area contributed by atoms with Crippen molar-refractivity contribution in [3.05, 3.63) is 71.0 Å². The summed E-state index contributed by atoms with van der Waals surface area (Å²) < 4.78 is 2.03. The van der Waals surface area contributed by atoms with Gasteiger partial charge in [0, 0.05) is 25.5 Å². The van der Waals surface area contributed by atoms with Crippen LogP contribution in [-0.4, -0.2) is 39.8 Å². The van der Waals surface area contributed by atoms with Crippen molar-refractivity contribution in [1.82, 2.24) is 25.0 Å². The molecule has 152 valence electrons. The number of carbonyl (C=O) groups is 1. The zero-order chi connectivity index (χ0) is 21.0. The Balaban J connectivity index is 1.92. The van der Waals surface area contributed by atoms with E-state index in [0.717, 1.165) is 16.6 Å². The van der Waals surface area contributed by atoms with E-state index in [0.29, 0.717) is 5.82 Å². The monoisotopic (exact) mass is 409 g/mol. The van der Waals surface area contributed by atoms with Crippen molar-refractivity contribution >= 4 is 17.8 Å². The number of urea groups is 1. The van der Waals surface area contributed by atoms with Crippen molar-refractivity contribution in [1.29, 1.82) is 0 Å². The summed E-state index contributed by atoms with van der Waals surface area (Å²) in [5, 5.41) is 12.6. The first-order valence-corrected chi connectivity index (χ1v) is 10.5. The summed E-state index contributed by atoms with van der Waals surface area (Å²) in [6.45, 7) is 6.07. The summed E-state index contributed by atoms with van der Waals surface area (Å²) in [5.74, 6) is 1.50. The summed E-state index contributed by atoms with van der Waals surface area (Å²) in [6, 6.07) is 16.3. The maximum absolute atomic E-state index is 12.1. The molecule has 1 aromatic heterocycles. The van der Waals surface area contributed by atoms with Crippen molar-refractivity contribution in [3.63, 3.8) is 0 Å². The normalized spacial score (nSPS) is 11.9. The van der Waals surface area contributed by atoms with Crippen LogP contribution >= 0.6 is 11.8 Å². The standard InChI is InChI=1S/C22H27N5OS/c1-15-9-11-19(12-10-15)27-20(17(3)23-21(28)26(4)5)24-25-22(27)29-14-18-8-6-7-16(2)13-18/h6-13,17H,14H2,1-5H3,(H,23,28). The molecule has 6 nitrogen and oxygen atoms in total. The van der Waals surface area contributed by atoms with Gasteiger partial charge in [0.1, 0.15) is 0 Å². The second-order valence-corrected chi connectivity index (χ2v) is 8.30. The summed E-state index contributed by atoms with van der Waals surface area (Å²) in [6.07, 6.45) is 0. The first kappa shape index (κ1) is 20.9. The number of rotatable bonds is 6. The SMILES string of the molecule is Cc1ccc(-n2c(SCc3cccc(C)c3)nnc2C(C)NC(=O)N(C)C)cc1. The number of hydrogen-bond acceptors (Lipinski definition) is 4. The number of benzene rings is 2.